The molecule has 5 heteroatoms. The number of rotatable bonds is 6. The van der Waals surface area contributed by atoms with Crippen molar-refractivity contribution in [3.63, 3.8) is 0 Å². The highest BCUT2D eigenvalue weighted by atomic mass is 32.1. The lowest BCUT2D eigenvalue weighted by molar-refractivity contribution is -0.0977. The molecular formula is C21H31NO3S. The molecule has 2 saturated carbocycles. The molecule has 1 saturated heterocycles. The Morgan fingerprint density at radius 2 is 2.15 bits per heavy atom. The summed E-state index contributed by atoms with van der Waals surface area (Å²) in [5, 5.41) is 2.02. The molecule has 26 heavy (non-hydrogen) atoms. The number of nitrogens with zero attached hydrogens (tertiary/aromatic N) is 1. The number of thiophene rings is 1. The van der Waals surface area contributed by atoms with Crippen molar-refractivity contribution in [2.24, 2.45) is 5.92 Å². The molecule has 0 radical (unpaired) electrons. The van der Waals surface area contributed by atoms with Gasteiger partial charge in [-0.1, -0.05) is 13.8 Å². The smallest absolute Gasteiger partial charge is 0.255 e. The average Bonchev–Trinajstić information content (AvgIpc) is 3.20. The maximum atomic E-state index is 13.2. The standard InChI is InChI=1S/C21H31NO3S/c1-14(2)18-10-16(13-26-18)20(23)22-9-8-21(24-3)7-6-17(11-19(21)22)25-12-15-4-5-15/h10,13-15,17,19H,4-9,11-12H2,1-3H3/t17-,19-,21+/m0/s1. The fourth-order valence-electron chi connectivity index (χ4n) is 4.55. The Morgan fingerprint density at radius 1 is 1.35 bits per heavy atom. The van der Waals surface area contributed by atoms with Crippen LogP contribution in [0.2, 0.25) is 0 Å². The van der Waals surface area contributed by atoms with Crippen molar-refractivity contribution < 1.29 is 14.3 Å². The predicted molar refractivity (Wildman–Crippen MR) is 104 cm³/mol. The van der Waals surface area contributed by atoms with Crippen LogP contribution in [0.1, 0.15) is 73.5 Å². The van der Waals surface area contributed by atoms with Gasteiger partial charge in [0.15, 0.2) is 0 Å². The molecule has 4 nitrogen and oxygen atoms in total. The lowest BCUT2D eigenvalue weighted by atomic mass is 9.79. The number of fused-ring (bicyclic) bond motifs is 1. The zero-order valence-electron chi connectivity index (χ0n) is 16.2. The van der Waals surface area contributed by atoms with E-state index in [1.807, 2.05) is 12.5 Å². The topological polar surface area (TPSA) is 38.8 Å². The molecule has 0 N–H and O–H groups in total. The Bertz CT molecular complexity index is 653. The highest BCUT2D eigenvalue weighted by molar-refractivity contribution is 7.10. The Balaban J connectivity index is 1.48. The van der Waals surface area contributed by atoms with Crippen LogP contribution in [0.15, 0.2) is 11.4 Å². The zero-order chi connectivity index (χ0) is 18.3. The third-order valence-corrected chi connectivity index (χ3v) is 7.74. The second-order valence-corrected chi connectivity index (χ2v) is 9.54. The normalized spacial score (nSPS) is 31.5. The van der Waals surface area contributed by atoms with Crippen molar-refractivity contribution in [2.75, 3.05) is 20.3 Å². The van der Waals surface area contributed by atoms with Gasteiger partial charge in [-0.3, -0.25) is 4.79 Å². The minimum absolute atomic E-state index is 0.139. The Morgan fingerprint density at radius 3 is 2.81 bits per heavy atom. The van der Waals surface area contributed by atoms with Crippen LogP contribution in [-0.2, 0) is 9.47 Å². The van der Waals surface area contributed by atoms with E-state index in [2.05, 4.69) is 24.8 Å². The molecule has 3 fully saturated rings. The summed E-state index contributed by atoms with van der Waals surface area (Å²) in [4.78, 5) is 16.6. The van der Waals surface area contributed by atoms with E-state index in [9.17, 15) is 4.79 Å². The maximum absolute atomic E-state index is 13.2. The van der Waals surface area contributed by atoms with Crippen molar-refractivity contribution in [2.45, 2.75) is 76.0 Å². The molecule has 1 aromatic rings. The van der Waals surface area contributed by atoms with Crippen molar-refractivity contribution in [3.8, 4) is 0 Å². The second kappa shape index (κ2) is 7.25. The molecule has 1 aliphatic heterocycles. The van der Waals surface area contributed by atoms with Crippen LogP contribution < -0.4 is 0 Å². The van der Waals surface area contributed by atoms with Gasteiger partial charge in [0.1, 0.15) is 0 Å². The summed E-state index contributed by atoms with van der Waals surface area (Å²) < 4.78 is 12.2. The van der Waals surface area contributed by atoms with Gasteiger partial charge in [0.25, 0.3) is 5.91 Å². The summed E-state index contributed by atoms with van der Waals surface area (Å²) in [7, 11) is 1.81. The Kier molecular flexibility index (Phi) is 5.15. The fourth-order valence-corrected chi connectivity index (χ4v) is 5.45. The highest BCUT2D eigenvalue weighted by Gasteiger charge is 2.53. The minimum atomic E-state index is -0.175. The maximum Gasteiger partial charge on any atom is 0.255 e. The number of hydrogen-bond donors (Lipinski definition) is 0. The number of ether oxygens (including phenoxy) is 2. The number of carbonyl (C=O) groups excluding carboxylic acids is 1. The lowest BCUT2D eigenvalue weighted by Crippen LogP contribution is -2.53. The molecule has 0 aromatic carbocycles. The van der Waals surface area contributed by atoms with Crippen LogP contribution in [0, 0.1) is 5.92 Å². The third kappa shape index (κ3) is 3.46. The van der Waals surface area contributed by atoms with Crippen molar-refractivity contribution in [1.29, 1.82) is 0 Å². The Labute approximate surface area is 160 Å². The number of amides is 1. The molecule has 4 rings (SSSR count). The van der Waals surface area contributed by atoms with Crippen molar-refractivity contribution in [1.82, 2.24) is 4.90 Å². The zero-order valence-corrected chi connectivity index (χ0v) is 17.0. The first-order chi connectivity index (χ1) is 12.5. The summed E-state index contributed by atoms with van der Waals surface area (Å²) in [6.45, 7) is 6.04. The molecule has 144 valence electrons. The summed E-state index contributed by atoms with van der Waals surface area (Å²) in [5.41, 5.74) is 0.665. The van der Waals surface area contributed by atoms with Crippen molar-refractivity contribution >= 4 is 17.2 Å². The minimum Gasteiger partial charge on any atom is -0.378 e. The summed E-state index contributed by atoms with van der Waals surface area (Å²) >= 11 is 1.69. The molecule has 1 aromatic heterocycles. The molecule has 0 unspecified atom stereocenters. The molecular weight excluding hydrogens is 346 g/mol. The SMILES string of the molecule is CO[C@@]12CC[C@H](OCC3CC3)C[C@@H]1N(C(=O)c1csc(C(C)C)c1)CC2. The van der Waals surface area contributed by atoms with Crippen LogP contribution in [0.25, 0.3) is 0 Å². The van der Waals surface area contributed by atoms with E-state index in [1.165, 1.54) is 17.7 Å². The number of methoxy groups -OCH3 is 1. The fraction of sp³-hybridized carbons (Fsp3) is 0.762. The van der Waals surface area contributed by atoms with Crippen LogP contribution in [0.3, 0.4) is 0 Å². The second-order valence-electron chi connectivity index (χ2n) is 8.60. The monoisotopic (exact) mass is 377 g/mol. The van der Waals surface area contributed by atoms with E-state index in [0.717, 1.165) is 50.3 Å². The summed E-state index contributed by atoms with van der Waals surface area (Å²) in [6.07, 6.45) is 6.80. The van der Waals surface area contributed by atoms with E-state index in [0.29, 0.717) is 5.92 Å². The predicted octanol–water partition coefficient (Wildman–Crippen LogP) is 4.45. The van der Waals surface area contributed by atoms with Crippen LogP contribution in [-0.4, -0.2) is 48.8 Å². The molecule has 3 atom stereocenters. The first-order valence-corrected chi connectivity index (χ1v) is 11.0. The Hall–Kier alpha value is -0.910. The highest BCUT2D eigenvalue weighted by Crippen LogP contribution is 2.44. The average molecular weight is 378 g/mol. The van der Waals surface area contributed by atoms with E-state index in [-0.39, 0.29) is 23.7 Å². The van der Waals surface area contributed by atoms with Gasteiger partial charge in [-0.25, -0.2) is 0 Å². The van der Waals surface area contributed by atoms with Gasteiger partial charge in [-0.15, -0.1) is 11.3 Å². The van der Waals surface area contributed by atoms with Gasteiger partial charge in [-0.05, 0) is 56.4 Å². The van der Waals surface area contributed by atoms with Gasteiger partial charge < -0.3 is 14.4 Å². The van der Waals surface area contributed by atoms with Gasteiger partial charge in [-0.2, -0.15) is 0 Å². The van der Waals surface area contributed by atoms with Crippen LogP contribution >= 0.6 is 11.3 Å². The quantitative estimate of drug-likeness (QED) is 0.735. The molecule has 2 heterocycles. The van der Waals surface area contributed by atoms with E-state index in [4.69, 9.17) is 9.47 Å². The summed E-state index contributed by atoms with van der Waals surface area (Å²) in [5.74, 6) is 1.42. The summed E-state index contributed by atoms with van der Waals surface area (Å²) in [6, 6.07) is 2.22. The molecule has 2 aliphatic carbocycles. The van der Waals surface area contributed by atoms with E-state index >= 15 is 0 Å². The molecule has 0 spiro atoms. The number of likely N-dealkylation sites (tertiary alicyclic amines) is 1. The molecule has 3 aliphatic rings. The van der Waals surface area contributed by atoms with Gasteiger partial charge in [0.05, 0.1) is 23.3 Å². The molecule has 1 amide bonds. The van der Waals surface area contributed by atoms with E-state index < -0.39 is 0 Å². The van der Waals surface area contributed by atoms with Gasteiger partial charge in [0, 0.05) is 30.5 Å². The van der Waals surface area contributed by atoms with Crippen LogP contribution in [0.5, 0.6) is 0 Å². The largest absolute Gasteiger partial charge is 0.378 e. The molecule has 0 bridgehead atoms. The number of hydrogen-bond acceptors (Lipinski definition) is 4. The lowest BCUT2D eigenvalue weighted by Gasteiger charge is -2.43. The first kappa shape index (κ1) is 18.5. The third-order valence-electron chi connectivity index (χ3n) is 6.50. The van der Waals surface area contributed by atoms with Gasteiger partial charge in [0.2, 0.25) is 0 Å². The number of carbonyl (C=O) groups is 1. The van der Waals surface area contributed by atoms with Crippen molar-refractivity contribution in [3.05, 3.63) is 21.9 Å². The van der Waals surface area contributed by atoms with Crippen LogP contribution in [0.4, 0.5) is 0 Å². The first-order valence-electron chi connectivity index (χ1n) is 10.1. The van der Waals surface area contributed by atoms with Gasteiger partial charge >= 0.3 is 0 Å². The van der Waals surface area contributed by atoms with E-state index in [1.54, 1.807) is 11.3 Å².